The number of imide groups is 1. The van der Waals surface area contributed by atoms with Crippen molar-refractivity contribution in [2.24, 2.45) is 0 Å². The van der Waals surface area contributed by atoms with Crippen molar-refractivity contribution in [1.82, 2.24) is 14.9 Å². The molecule has 4 aromatic rings. The Bertz CT molecular complexity index is 1270. The van der Waals surface area contributed by atoms with Gasteiger partial charge < -0.3 is 10.1 Å². The molecule has 5 rings (SSSR count). The fourth-order valence-corrected chi connectivity index (χ4v) is 3.70. The number of benzene rings is 2. The van der Waals surface area contributed by atoms with E-state index in [9.17, 15) is 14.7 Å². The molecule has 0 saturated heterocycles. The highest BCUT2D eigenvalue weighted by molar-refractivity contribution is 6.36. The number of pyridine rings is 1. The number of aromatic nitrogens is 2. The van der Waals surface area contributed by atoms with Crippen LogP contribution in [0.2, 0.25) is 0 Å². The van der Waals surface area contributed by atoms with Crippen molar-refractivity contribution in [3.05, 3.63) is 47.2 Å². The summed E-state index contributed by atoms with van der Waals surface area (Å²) in [6.45, 7) is 1.90. The Morgan fingerprint density at radius 2 is 1.84 bits per heavy atom. The molecule has 2 N–H and O–H groups in total. The maximum absolute atomic E-state index is 12.8. The smallest absolute Gasteiger partial charge is 0.262 e. The van der Waals surface area contributed by atoms with Gasteiger partial charge in [0.25, 0.3) is 11.8 Å². The fourth-order valence-electron chi connectivity index (χ4n) is 3.70. The molecular weight excluding hydrogens is 318 g/mol. The first-order chi connectivity index (χ1) is 12.0. The predicted molar refractivity (Wildman–Crippen MR) is 93.9 cm³/mol. The third-order valence-corrected chi connectivity index (χ3v) is 4.85. The molecule has 6 nitrogen and oxygen atoms in total. The van der Waals surface area contributed by atoms with Gasteiger partial charge in [-0.1, -0.05) is 0 Å². The molecule has 122 valence electrons. The molecule has 2 amide bonds. The number of carbonyl (C=O) groups is 2. The molecule has 25 heavy (non-hydrogen) atoms. The van der Waals surface area contributed by atoms with E-state index in [1.165, 1.54) is 7.05 Å². The fraction of sp³-hybridized carbons (Fsp3) is 0.105. The molecule has 6 heteroatoms. The SMILES string of the molecule is Cc1cnc2c(c1)c1c(c3c4cc(O)ccc4[nH]c23)C(=O)N(C)C1=O. The van der Waals surface area contributed by atoms with Crippen LogP contribution in [0.3, 0.4) is 0 Å². The number of carbonyl (C=O) groups excluding carboxylic acids is 2. The molecule has 2 aromatic carbocycles. The number of phenols is 1. The van der Waals surface area contributed by atoms with Crippen molar-refractivity contribution in [2.45, 2.75) is 6.92 Å². The lowest BCUT2D eigenvalue weighted by molar-refractivity contribution is 0.0694. The highest BCUT2D eigenvalue weighted by Gasteiger charge is 2.38. The maximum atomic E-state index is 12.8. The first-order valence-electron chi connectivity index (χ1n) is 7.86. The van der Waals surface area contributed by atoms with Gasteiger partial charge in [0.05, 0.1) is 22.2 Å². The number of nitrogens with zero attached hydrogens (tertiary/aromatic N) is 2. The molecule has 0 atom stereocenters. The topological polar surface area (TPSA) is 86.3 Å². The summed E-state index contributed by atoms with van der Waals surface area (Å²) in [6.07, 6.45) is 1.74. The summed E-state index contributed by atoms with van der Waals surface area (Å²) in [5.41, 5.74) is 3.80. The second kappa shape index (κ2) is 4.36. The van der Waals surface area contributed by atoms with Gasteiger partial charge in [0.15, 0.2) is 0 Å². The zero-order valence-corrected chi connectivity index (χ0v) is 13.5. The number of H-pyrrole nitrogens is 1. The third kappa shape index (κ3) is 1.60. The second-order valence-electron chi connectivity index (χ2n) is 6.43. The number of rotatable bonds is 0. The number of aromatic amines is 1. The Morgan fingerprint density at radius 3 is 2.64 bits per heavy atom. The van der Waals surface area contributed by atoms with E-state index in [-0.39, 0.29) is 17.6 Å². The van der Waals surface area contributed by atoms with Gasteiger partial charge in [0.1, 0.15) is 5.75 Å². The van der Waals surface area contributed by atoms with Gasteiger partial charge in [0, 0.05) is 34.9 Å². The highest BCUT2D eigenvalue weighted by atomic mass is 16.3. The normalized spacial score (nSPS) is 14.2. The first kappa shape index (κ1) is 14.0. The van der Waals surface area contributed by atoms with Crippen molar-refractivity contribution >= 4 is 44.5 Å². The summed E-state index contributed by atoms with van der Waals surface area (Å²) in [7, 11) is 1.48. The third-order valence-electron chi connectivity index (χ3n) is 4.85. The van der Waals surface area contributed by atoms with E-state index >= 15 is 0 Å². The Kier molecular flexibility index (Phi) is 2.44. The van der Waals surface area contributed by atoms with Crippen molar-refractivity contribution in [2.75, 3.05) is 7.05 Å². The van der Waals surface area contributed by atoms with Crippen LogP contribution in [0.5, 0.6) is 5.75 Å². The monoisotopic (exact) mass is 331 g/mol. The van der Waals surface area contributed by atoms with Gasteiger partial charge in [-0.25, -0.2) is 0 Å². The molecule has 0 spiro atoms. The molecule has 0 aliphatic carbocycles. The van der Waals surface area contributed by atoms with Crippen LogP contribution in [0.4, 0.5) is 0 Å². The molecule has 0 saturated carbocycles. The molecule has 3 heterocycles. The summed E-state index contributed by atoms with van der Waals surface area (Å²) < 4.78 is 0. The summed E-state index contributed by atoms with van der Waals surface area (Å²) >= 11 is 0. The minimum atomic E-state index is -0.336. The van der Waals surface area contributed by atoms with Crippen LogP contribution in [0.25, 0.3) is 32.7 Å². The number of hydrogen-bond donors (Lipinski definition) is 2. The van der Waals surface area contributed by atoms with Crippen LogP contribution in [-0.2, 0) is 0 Å². The Labute approximate surface area is 141 Å². The Hall–Kier alpha value is -3.41. The number of fused-ring (bicyclic) bond motifs is 8. The van der Waals surface area contributed by atoms with Crippen molar-refractivity contribution < 1.29 is 14.7 Å². The van der Waals surface area contributed by atoms with E-state index in [1.807, 2.05) is 13.0 Å². The average molecular weight is 331 g/mol. The summed E-state index contributed by atoms with van der Waals surface area (Å²) in [6, 6.07) is 6.82. The minimum absolute atomic E-state index is 0.101. The zero-order chi connectivity index (χ0) is 17.5. The van der Waals surface area contributed by atoms with Crippen LogP contribution in [0.15, 0.2) is 30.5 Å². The number of phenolic OH excluding ortho intramolecular Hbond substituents is 1. The number of aryl methyl sites for hydroxylation is 1. The maximum Gasteiger partial charge on any atom is 0.262 e. The van der Waals surface area contributed by atoms with Gasteiger partial charge in [-0.15, -0.1) is 0 Å². The largest absolute Gasteiger partial charge is 0.508 e. The van der Waals surface area contributed by atoms with Crippen LogP contribution >= 0.6 is 0 Å². The zero-order valence-electron chi connectivity index (χ0n) is 13.5. The minimum Gasteiger partial charge on any atom is -0.508 e. The molecule has 2 aromatic heterocycles. The van der Waals surface area contributed by atoms with E-state index in [1.54, 1.807) is 24.4 Å². The molecule has 1 aliphatic rings. The van der Waals surface area contributed by atoms with E-state index in [0.29, 0.717) is 38.3 Å². The van der Waals surface area contributed by atoms with Gasteiger partial charge in [-0.3, -0.25) is 19.5 Å². The van der Waals surface area contributed by atoms with Gasteiger partial charge in [-0.05, 0) is 36.8 Å². The van der Waals surface area contributed by atoms with Crippen molar-refractivity contribution in [1.29, 1.82) is 0 Å². The first-order valence-corrected chi connectivity index (χ1v) is 7.86. The molecule has 0 bridgehead atoms. The summed E-state index contributed by atoms with van der Waals surface area (Å²) in [5, 5.41) is 11.9. The van der Waals surface area contributed by atoms with E-state index in [4.69, 9.17) is 0 Å². The van der Waals surface area contributed by atoms with Crippen LogP contribution in [0, 0.1) is 6.92 Å². The lowest BCUT2D eigenvalue weighted by Gasteiger charge is -2.06. The number of amides is 2. The second-order valence-corrected chi connectivity index (χ2v) is 6.43. The van der Waals surface area contributed by atoms with E-state index in [0.717, 1.165) is 16.0 Å². The van der Waals surface area contributed by atoms with Crippen LogP contribution in [0.1, 0.15) is 26.3 Å². The average Bonchev–Trinajstić information content (AvgIpc) is 3.06. The standard InChI is InChI=1S/C19H13N3O3/c1-8-5-11-14-15(19(25)22(2)18(14)24)13-10-6-9(23)3-4-12(10)21-17(13)16(11)20-7-8/h3-7,21,23H,1-2H3. The quantitative estimate of drug-likeness (QED) is 0.485. The lowest BCUT2D eigenvalue weighted by Crippen LogP contribution is -2.24. The highest BCUT2D eigenvalue weighted by Crippen LogP contribution is 2.41. The van der Waals surface area contributed by atoms with E-state index in [2.05, 4.69) is 9.97 Å². The van der Waals surface area contributed by atoms with Crippen molar-refractivity contribution in [3.8, 4) is 5.75 Å². The van der Waals surface area contributed by atoms with Gasteiger partial charge in [-0.2, -0.15) is 0 Å². The van der Waals surface area contributed by atoms with Crippen LogP contribution in [-0.4, -0.2) is 38.8 Å². The summed E-state index contributed by atoms with van der Waals surface area (Å²) in [5.74, 6) is -0.560. The molecular formula is C19H13N3O3. The van der Waals surface area contributed by atoms with E-state index < -0.39 is 0 Å². The van der Waals surface area contributed by atoms with Gasteiger partial charge >= 0.3 is 0 Å². The molecule has 0 fully saturated rings. The molecule has 0 radical (unpaired) electrons. The summed E-state index contributed by atoms with van der Waals surface area (Å²) in [4.78, 5) is 34.4. The Morgan fingerprint density at radius 1 is 1.08 bits per heavy atom. The molecule has 1 aliphatic heterocycles. The lowest BCUT2D eigenvalue weighted by atomic mass is 9.96. The number of hydrogen-bond acceptors (Lipinski definition) is 4. The van der Waals surface area contributed by atoms with Crippen molar-refractivity contribution in [3.63, 3.8) is 0 Å². The number of nitrogens with one attached hydrogen (secondary N) is 1. The van der Waals surface area contributed by atoms with Crippen LogP contribution < -0.4 is 0 Å². The molecule has 0 unspecified atom stereocenters. The predicted octanol–water partition coefficient (Wildman–Crippen LogP) is 3.11. The number of aromatic hydroxyl groups is 1. The Balaban J connectivity index is 2.15. The van der Waals surface area contributed by atoms with Gasteiger partial charge in [0.2, 0.25) is 0 Å².